The molecule has 154 valence electrons. The van der Waals surface area contributed by atoms with Crippen molar-refractivity contribution in [1.82, 2.24) is 0 Å². The van der Waals surface area contributed by atoms with E-state index >= 15 is 0 Å². The third kappa shape index (κ3) is 3.97. The van der Waals surface area contributed by atoms with Gasteiger partial charge in [-0.2, -0.15) is 0 Å². The van der Waals surface area contributed by atoms with Crippen LogP contribution in [-0.2, 0) is 5.41 Å². The van der Waals surface area contributed by atoms with E-state index in [0.717, 1.165) is 23.4 Å². The van der Waals surface area contributed by atoms with Crippen LogP contribution in [0, 0.1) is 0 Å². The molecule has 3 nitrogen and oxygen atoms in total. The molecule has 0 aromatic heterocycles. The Morgan fingerprint density at radius 1 is 0.900 bits per heavy atom. The van der Waals surface area contributed by atoms with Gasteiger partial charge >= 0.3 is 0 Å². The fourth-order valence-corrected chi connectivity index (χ4v) is 4.25. The zero-order valence-corrected chi connectivity index (χ0v) is 18.2. The van der Waals surface area contributed by atoms with Crippen LogP contribution in [0.4, 0.5) is 11.4 Å². The van der Waals surface area contributed by atoms with E-state index in [9.17, 15) is 4.79 Å². The van der Waals surface area contributed by atoms with Crippen LogP contribution < -0.4 is 10.2 Å². The maximum atomic E-state index is 13.5. The lowest BCUT2D eigenvalue weighted by molar-refractivity contribution is 0.0974. The van der Waals surface area contributed by atoms with E-state index in [1.165, 1.54) is 11.1 Å². The Morgan fingerprint density at radius 2 is 1.53 bits per heavy atom. The fourth-order valence-electron chi connectivity index (χ4n) is 4.25. The Hall–Kier alpha value is -3.07. The van der Waals surface area contributed by atoms with E-state index in [2.05, 4.69) is 75.5 Å². The molecule has 1 amide bonds. The summed E-state index contributed by atoms with van der Waals surface area (Å²) < 4.78 is 0. The van der Waals surface area contributed by atoms with Gasteiger partial charge in [-0.1, -0.05) is 69.3 Å². The molecule has 0 saturated carbocycles. The Bertz CT molecular complexity index is 1020. The van der Waals surface area contributed by atoms with Crippen LogP contribution in [0.5, 0.6) is 0 Å². The van der Waals surface area contributed by atoms with Gasteiger partial charge in [-0.15, -0.1) is 0 Å². The number of fused-ring (bicyclic) bond motifs is 1. The SMILES string of the molecule is C[C@@H]1C[C@H](Nc2ccccc2)c2ccccc2N1C(=O)c1ccc(C(C)(C)C)cc1. The van der Waals surface area contributed by atoms with Crippen LogP contribution in [0.2, 0.25) is 0 Å². The van der Waals surface area contributed by atoms with E-state index in [4.69, 9.17) is 0 Å². The summed E-state index contributed by atoms with van der Waals surface area (Å²) in [7, 11) is 0. The molecule has 1 aliphatic heterocycles. The number of hydrogen-bond donors (Lipinski definition) is 1. The van der Waals surface area contributed by atoms with Crippen molar-refractivity contribution in [1.29, 1.82) is 0 Å². The smallest absolute Gasteiger partial charge is 0.258 e. The minimum atomic E-state index is 0.0635. The van der Waals surface area contributed by atoms with Crippen molar-refractivity contribution in [3.05, 3.63) is 95.6 Å². The monoisotopic (exact) mass is 398 g/mol. The zero-order valence-electron chi connectivity index (χ0n) is 18.2. The van der Waals surface area contributed by atoms with E-state index in [-0.39, 0.29) is 23.4 Å². The minimum absolute atomic E-state index is 0.0635. The summed E-state index contributed by atoms with van der Waals surface area (Å²) in [6, 6.07) is 26.9. The zero-order chi connectivity index (χ0) is 21.3. The molecule has 4 rings (SSSR count). The summed E-state index contributed by atoms with van der Waals surface area (Å²) in [6.07, 6.45) is 0.859. The number of amides is 1. The Balaban J connectivity index is 1.65. The van der Waals surface area contributed by atoms with E-state index in [1.54, 1.807) is 0 Å². The molecule has 0 spiro atoms. The molecular weight excluding hydrogens is 368 g/mol. The van der Waals surface area contributed by atoms with Gasteiger partial charge in [0.1, 0.15) is 0 Å². The van der Waals surface area contributed by atoms with E-state index in [1.807, 2.05) is 41.3 Å². The number of carbonyl (C=O) groups is 1. The first-order chi connectivity index (χ1) is 14.3. The second-order valence-corrected chi connectivity index (χ2v) is 9.21. The molecule has 0 aliphatic carbocycles. The van der Waals surface area contributed by atoms with Crippen molar-refractivity contribution in [2.75, 3.05) is 10.2 Å². The Labute approximate surface area is 179 Å². The predicted octanol–water partition coefficient (Wildman–Crippen LogP) is 6.58. The average molecular weight is 399 g/mol. The molecule has 0 fully saturated rings. The summed E-state index contributed by atoms with van der Waals surface area (Å²) in [4.78, 5) is 15.5. The van der Waals surface area contributed by atoms with Gasteiger partial charge in [-0.05, 0) is 60.2 Å². The number of carbonyl (C=O) groups excluding carboxylic acids is 1. The maximum Gasteiger partial charge on any atom is 0.258 e. The topological polar surface area (TPSA) is 32.3 Å². The van der Waals surface area contributed by atoms with Gasteiger partial charge in [-0.25, -0.2) is 0 Å². The normalized spacial score (nSPS) is 18.6. The first-order valence-electron chi connectivity index (χ1n) is 10.7. The summed E-state index contributed by atoms with van der Waals surface area (Å²) in [5, 5.41) is 3.65. The molecule has 1 aliphatic rings. The molecule has 0 radical (unpaired) electrons. The third-order valence-electron chi connectivity index (χ3n) is 5.92. The lowest BCUT2D eigenvalue weighted by Crippen LogP contribution is -2.44. The molecule has 1 N–H and O–H groups in total. The number of hydrogen-bond acceptors (Lipinski definition) is 2. The second-order valence-electron chi connectivity index (χ2n) is 9.21. The van der Waals surface area contributed by atoms with Gasteiger partial charge < -0.3 is 10.2 Å². The molecule has 0 bridgehead atoms. The van der Waals surface area contributed by atoms with Gasteiger partial charge in [-0.3, -0.25) is 4.79 Å². The predicted molar refractivity (Wildman–Crippen MR) is 125 cm³/mol. The number of para-hydroxylation sites is 2. The van der Waals surface area contributed by atoms with E-state index in [0.29, 0.717) is 0 Å². The van der Waals surface area contributed by atoms with Gasteiger partial charge in [0, 0.05) is 23.0 Å². The molecule has 3 heteroatoms. The molecule has 0 saturated heterocycles. The molecule has 30 heavy (non-hydrogen) atoms. The standard InChI is InChI=1S/C27H30N2O/c1-19-18-24(28-22-10-6-5-7-11-22)23-12-8-9-13-25(23)29(19)26(30)20-14-16-21(17-15-20)27(2,3)4/h5-17,19,24,28H,18H2,1-4H3/t19-,24+/m1/s1. The number of anilines is 2. The molecule has 1 heterocycles. The van der Waals surface area contributed by atoms with Crippen LogP contribution in [0.3, 0.4) is 0 Å². The quantitative estimate of drug-likeness (QED) is 0.541. The van der Waals surface area contributed by atoms with Gasteiger partial charge in [0.25, 0.3) is 5.91 Å². The highest BCUT2D eigenvalue weighted by Crippen LogP contribution is 2.39. The Morgan fingerprint density at radius 3 is 2.20 bits per heavy atom. The van der Waals surface area contributed by atoms with Gasteiger partial charge in [0.2, 0.25) is 0 Å². The van der Waals surface area contributed by atoms with Crippen molar-refractivity contribution in [2.45, 2.75) is 51.6 Å². The van der Waals surface area contributed by atoms with Crippen LogP contribution >= 0.6 is 0 Å². The first-order valence-corrected chi connectivity index (χ1v) is 10.7. The number of nitrogens with one attached hydrogen (secondary N) is 1. The third-order valence-corrected chi connectivity index (χ3v) is 5.92. The van der Waals surface area contributed by atoms with Crippen molar-refractivity contribution in [3.8, 4) is 0 Å². The Kier molecular flexibility index (Phi) is 5.38. The number of nitrogens with zero attached hydrogens (tertiary/aromatic N) is 1. The highest BCUT2D eigenvalue weighted by molar-refractivity contribution is 6.07. The lowest BCUT2D eigenvalue weighted by atomic mass is 9.86. The summed E-state index contributed by atoms with van der Waals surface area (Å²) in [5.41, 5.74) is 5.30. The largest absolute Gasteiger partial charge is 0.378 e. The average Bonchev–Trinajstić information content (AvgIpc) is 2.74. The number of rotatable bonds is 3. The van der Waals surface area contributed by atoms with Gasteiger partial charge in [0.05, 0.1) is 6.04 Å². The summed E-state index contributed by atoms with van der Waals surface area (Å²) in [5.74, 6) is 0.0635. The minimum Gasteiger partial charge on any atom is -0.378 e. The maximum absolute atomic E-state index is 13.5. The lowest BCUT2D eigenvalue weighted by Gasteiger charge is -2.40. The van der Waals surface area contributed by atoms with Crippen molar-refractivity contribution in [2.24, 2.45) is 0 Å². The molecular formula is C27H30N2O. The molecule has 0 unspecified atom stereocenters. The van der Waals surface area contributed by atoms with Crippen LogP contribution in [0.15, 0.2) is 78.9 Å². The van der Waals surface area contributed by atoms with Crippen LogP contribution in [0.1, 0.15) is 61.6 Å². The molecule has 3 aromatic rings. The van der Waals surface area contributed by atoms with E-state index < -0.39 is 0 Å². The highest BCUT2D eigenvalue weighted by atomic mass is 16.2. The highest BCUT2D eigenvalue weighted by Gasteiger charge is 2.34. The van der Waals surface area contributed by atoms with Crippen LogP contribution in [0.25, 0.3) is 0 Å². The van der Waals surface area contributed by atoms with Crippen molar-refractivity contribution in [3.63, 3.8) is 0 Å². The molecule has 2 atom stereocenters. The van der Waals surface area contributed by atoms with Crippen molar-refractivity contribution < 1.29 is 4.79 Å². The second kappa shape index (κ2) is 7.98. The fraction of sp³-hybridized carbons (Fsp3) is 0.296. The molecule has 3 aromatic carbocycles. The summed E-state index contributed by atoms with van der Waals surface area (Å²) in [6.45, 7) is 8.70. The van der Waals surface area contributed by atoms with Gasteiger partial charge in [0.15, 0.2) is 0 Å². The van der Waals surface area contributed by atoms with Crippen molar-refractivity contribution >= 4 is 17.3 Å². The summed E-state index contributed by atoms with van der Waals surface area (Å²) >= 11 is 0. The van der Waals surface area contributed by atoms with Crippen LogP contribution in [-0.4, -0.2) is 11.9 Å². The first kappa shape index (κ1) is 20.2. The number of benzene rings is 3.